The molecule has 1 unspecified atom stereocenters. The second-order valence-electron chi connectivity index (χ2n) is 5.61. The van der Waals surface area contributed by atoms with E-state index in [9.17, 15) is 24.0 Å². The maximum Gasteiger partial charge on any atom is 0.335 e. The van der Waals surface area contributed by atoms with Crippen molar-refractivity contribution in [2.24, 2.45) is 5.92 Å². The quantitative estimate of drug-likeness (QED) is 0.696. The first kappa shape index (κ1) is 17.8. The number of para-hydroxylation sites is 1. The molecule has 2 aromatic carbocycles. The van der Waals surface area contributed by atoms with Gasteiger partial charge in [-0.2, -0.15) is 0 Å². The number of carboxylic acids is 1. The van der Waals surface area contributed by atoms with E-state index >= 15 is 0 Å². The molecule has 1 heterocycles. The number of urea groups is 1. The van der Waals surface area contributed by atoms with E-state index in [-0.39, 0.29) is 16.9 Å². The average molecular weight is 367 g/mol. The molecule has 136 valence electrons. The van der Waals surface area contributed by atoms with E-state index in [1.54, 1.807) is 18.2 Å². The minimum Gasteiger partial charge on any atom is -0.478 e. The lowest BCUT2D eigenvalue weighted by atomic mass is 10.0. The van der Waals surface area contributed by atoms with Gasteiger partial charge in [-0.05, 0) is 36.4 Å². The van der Waals surface area contributed by atoms with Gasteiger partial charge in [-0.15, -0.1) is 0 Å². The molecule has 1 aliphatic heterocycles. The number of benzene rings is 2. The zero-order chi connectivity index (χ0) is 19.6. The molecular formula is C18H13N3O6. The van der Waals surface area contributed by atoms with E-state index in [1.165, 1.54) is 36.4 Å². The number of hydrogen-bond donors (Lipinski definition) is 3. The summed E-state index contributed by atoms with van der Waals surface area (Å²) in [5.41, 5.74) is 0.435. The molecule has 2 aromatic rings. The van der Waals surface area contributed by atoms with Gasteiger partial charge in [0.1, 0.15) is 0 Å². The van der Waals surface area contributed by atoms with E-state index in [4.69, 9.17) is 5.11 Å². The molecule has 5 amide bonds. The molecule has 1 fully saturated rings. The lowest BCUT2D eigenvalue weighted by Crippen LogP contribution is -2.61. The molecule has 1 saturated heterocycles. The summed E-state index contributed by atoms with van der Waals surface area (Å²) in [4.78, 5) is 60.7. The monoisotopic (exact) mass is 367 g/mol. The van der Waals surface area contributed by atoms with E-state index in [1.807, 2.05) is 5.32 Å². The third-order valence-electron chi connectivity index (χ3n) is 3.84. The van der Waals surface area contributed by atoms with Crippen LogP contribution in [0.15, 0.2) is 54.6 Å². The fourth-order valence-electron chi connectivity index (χ4n) is 2.54. The summed E-state index contributed by atoms with van der Waals surface area (Å²) in [5, 5.41) is 13.2. The van der Waals surface area contributed by atoms with Crippen LogP contribution in [0.1, 0.15) is 10.4 Å². The number of imide groups is 2. The number of carbonyl (C=O) groups excluding carboxylic acids is 4. The van der Waals surface area contributed by atoms with Crippen molar-refractivity contribution in [3.63, 3.8) is 0 Å². The van der Waals surface area contributed by atoms with Gasteiger partial charge in [0.15, 0.2) is 5.92 Å². The van der Waals surface area contributed by atoms with Gasteiger partial charge in [0.25, 0.3) is 5.91 Å². The van der Waals surface area contributed by atoms with Crippen molar-refractivity contribution in [3.8, 4) is 0 Å². The molecule has 0 spiro atoms. The zero-order valence-electron chi connectivity index (χ0n) is 13.7. The second kappa shape index (κ2) is 7.08. The Balaban J connectivity index is 1.82. The van der Waals surface area contributed by atoms with Gasteiger partial charge in [-0.3, -0.25) is 19.7 Å². The second-order valence-corrected chi connectivity index (χ2v) is 5.61. The molecule has 0 radical (unpaired) electrons. The summed E-state index contributed by atoms with van der Waals surface area (Å²) in [5.74, 6) is -5.84. The number of barbiturate groups is 1. The molecule has 3 N–H and O–H groups in total. The molecule has 1 aliphatic rings. The summed E-state index contributed by atoms with van der Waals surface area (Å²) in [6, 6.07) is 12.1. The smallest absolute Gasteiger partial charge is 0.335 e. The summed E-state index contributed by atoms with van der Waals surface area (Å²) in [7, 11) is 0. The van der Waals surface area contributed by atoms with E-state index < -0.39 is 35.6 Å². The standard InChI is InChI=1S/C18H13N3O6/c22-14(19-11-8-6-10(7-9-11)17(25)26)13-15(23)20-18(27)21(16(13)24)12-4-2-1-3-5-12/h1-9,13H,(H,19,22)(H,25,26)(H,20,23,27). The number of hydrogen-bond acceptors (Lipinski definition) is 5. The number of anilines is 2. The lowest BCUT2D eigenvalue weighted by molar-refractivity contribution is -0.139. The molecule has 27 heavy (non-hydrogen) atoms. The Labute approximate surface area is 152 Å². The summed E-state index contributed by atoms with van der Waals surface area (Å²) < 4.78 is 0. The van der Waals surface area contributed by atoms with Crippen LogP contribution in [0, 0.1) is 5.92 Å². The van der Waals surface area contributed by atoms with Crippen LogP contribution in [-0.4, -0.2) is 34.8 Å². The summed E-state index contributed by atoms with van der Waals surface area (Å²) in [6.45, 7) is 0. The Morgan fingerprint density at radius 3 is 2.19 bits per heavy atom. The van der Waals surface area contributed by atoms with Gasteiger partial charge in [-0.25, -0.2) is 14.5 Å². The van der Waals surface area contributed by atoms with Gasteiger partial charge in [0, 0.05) is 5.69 Å². The number of nitrogens with zero attached hydrogens (tertiary/aromatic N) is 1. The molecule has 9 heteroatoms. The highest BCUT2D eigenvalue weighted by Crippen LogP contribution is 2.21. The van der Waals surface area contributed by atoms with Crippen LogP contribution in [0.2, 0.25) is 0 Å². The SMILES string of the molecule is O=C(O)c1ccc(NC(=O)C2C(=O)NC(=O)N(c3ccccc3)C2=O)cc1. The maximum atomic E-state index is 12.6. The molecule has 0 saturated carbocycles. The van der Waals surface area contributed by atoms with E-state index in [0.29, 0.717) is 0 Å². The van der Waals surface area contributed by atoms with E-state index in [2.05, 4.69) is 5.32 Å². The molecule has 9 nitrogen and oxygen atoms in total. The summed E-state index contributed by atoms with van der Waals surface area (Å²) >= 11 is 0. The first-order chi connectivity index (χ1) is 12.9. The van der Waals surface area contributed by atoms with Crippen molar-refractivity contribution in [1.29, 1.82) is 0 Å². The van der Waals surface area contributed by atoms with Gasteiger partial charge < -0.3 is 10.4 Å². The van der Waals surface area contributed by atoms with Gasteiger partial charge in [0.2, 0.25) is 11.8 Å². The molecule has 0 bridgehead atoms. The van der Waals surface area contributed by atoms with Crippen LogP contribution in [0.25, 0.3) is 0 Å². The maximum absolute atomic E-state index is 12.6. The highest BCUT2D eigenvalue weighted by atomic mass is 16.4. The van der Waals surface area contributed by atoms with Crippen molar-refractivity contribution < 1.29 is 29.1 Å². The number of rotatable bonds is 4. The molecule has 0 aromatic heterocycles. The fourth-order valence-corrected chi connectivity index (χ4v) is 2.54. The normalized spacial score (nSPS) is 16.7. The van der Waals surface area contributed by atoms with Crippen LogP contribution in [0.4, 0.5) is 16.2 Å². The van der Waals surface area contributed by atoms with Gasteiger partial charge in [-0.1, -0.05) is 18.2 Å². The Hall–Kier alpha value is -4.01. The Kier molecular flexibility index (Phi) is 4.67. The number of nitrogens with one attached hydrogen (secondary N) is 2. The first-order valence-electron chi connectivity index (χ1n) is 7.76. The topological polar surface area (TPSA) is 133 Å². The van der Waals surface area contributed by atoms with Crippen molar-refractivity contribution >= 4 is 41.1 Å². The third kappa shape index (κ3) is 3.52. The molecule has 3 rings (SSSR count). The zero-order valence-corrected chi connectivity index (χ0v) is 13.7. The third-order valence-corrected chi connectivity index (χ3v) is 3.84. The molecular weight excluding hydrogens is 354 g/mol. The minimum absolute atomic E-state index is 0.0142. The van der Waals surface area contributed by atoms with Crippen LogP contribution in [-0.2, 0) is 14.4 Å². The molecule has 1 atom stereocenters. The van der Waals surface area contributed by atoms with Crippen LogP contribution in [0.5, 0.6) is 0 Å². The lowest BCUT2D eigenvalue weighted by Gasteiger charge is -2.29. The van der Waals surface area contributed by atoms with Crippen LogP contribution in [0.3, 0.4) is 0 Å². The average Bonchev–Trinajstić information content (AvgIpc) is 2.62. The number of amides is 5. The van der Waals surface area contributed by atoms with Crippen molar-refractivity contribution in [1.82, 2.24) is 5.32 Å². The highest BCUT2D eigenvalue weighted by molar-refractivity contribution is 6.35. The van der Waals surface area contributed by atoms with Crippen molar-refractivity contribution in [3.05, 3.63) is 60.2 Å². The number of carboxylic acid groups (broad SMARTS) is 1. The predicted octanol–water partition coefficient (Wildman–Crippen LogP) is 1.22. The van der Waals surface area contributed by atoms with Crippen LogP contribution < -0.4 is 15.5 Å². The predicted molar refractivity (Wildman–Crippen MR) is 93.0 cm³/mol. The molecule has 0 aliphatic carbocycles. The Bertz CT molecular complexity index is 939. The van der Waals surface area contributed by atoms with Crippen LogP contribution >= 0.6 is 0 Å². The Morgan fingerprint density at radius 1 is 0.963 bits per heavy atom. The largest absolute Gasteiger partial charge is 0.478 e. The number of carbonyl (C=O) groups is 5. The van der Waals surface area contributed by atoms with Crippen molar-refractivity contribution in [2.45, 2.75) is 0 Å². The van der Waals surface area contributed by atoms with Gasteiger partial charge >= 0.3 is 12.0 Å². The van der Waals surface area contributed by atoms with Gasteiger partial charge in [0.05, 0.1) is 11.3 Å². The highest BCUT2D eigenvalue weighted by Gasteiger charge is 2.45. The minimum atomic E-state index is -1.76. The number of aromatic carboxylic acids is 1. The van der Waals surface area contributed by atoms with E-state index in [0.717, 1.165) is 4.90 Å². The summed E-state index contributed by atoms with van der Waals surface area (Å²) in [6.07, 6.45) is 0. The first-order valence-corrected chi connectivity index (χ1v) is 7.76. The van der Waals surface area contributed by atoms with Crippen molar-refractivity contribution in [2.75, 3.05) is 10.2 Å². The Morgan fingerprint density at radius 2 is 1.59 bits per heavy atom. The fraction of sp³-hybridized carbons (Fsp3) is 0.0556.